The molecule has 0 fully saturated rings. The molecular formula is C25H17N2O2PtS-. The maximum absolute atomic E-state index is 10.1. The molecule has 4 nitrogen and oxygen atoms in total. The second-order valence-electron chi connectivity index (χ2n) is 7.18. The van der Waals surface area contributed by atoms with E-state index >= 15 is 0 Å². The maximum atomic E-state index is 10.1. The fourth-order valence-corrected chi connectivity index (χ4v) is 5.02. The van der Waals surface area contributed by atoms with Gasteiger partial charge in [0.05, 0.1) is 6.04 Å². The number of aliphatic imine (C=N–C) groups is 1. The summed E-state index contributed by atoms with van der Waals surface area (Å²) in [6.07, 6.45) is -1.44. The quantitative estimate of drug-likeness (QED) is 0.305. The molecule has 0 spiro atoms. The zero-order valence-corrected chi connectivity index (χ0v) is 19.1. The van der Waals surface area contributed by atoms with Crippen LogP contribution in [0.1, 0.15) is 25.5 Å². The number of para-hydroxylation sites is 1. The molecule has 0 saturated heterocycles. The van der Waals surface area contributed by atoms with Crippen LogP contribution < -0.4 is 4.74 Å². The van der Waals surface area contributed by atoms with Crippen LogP contribution in [0, 0.1) is 6.07 Å². The van der Waals surface area contributed by atoms with E-state index in [0.717, 1.165) is 27.1 Å². The summed E-state index contributed by atoms with van der Waals surface area (Å²) in [5.74, 6) is 0.938. The first-order valence-electron chi connectivity index (χ1n) is 10.6. The van der Waals surface area contributed by atoms with E-state index in [1.54, 1.807) is 24.3 Å². The van der Waals surface area contributed by atoms with Crippen molar-refractivity contribution in [1.82, 2.24) is 4.98 Å². The zero-order chi connectivity index (χ0) is 21.9. The van der Waals surface area contributed by atoms with Crippen LogP contribution in [-0.2, 0) is 27.4 Å². The first kappa shape index (κ1) is 18.0. The van der Waals surface area contributed by atoms with Crippen LogP contribution in [0.4, 0.5) is 0 Å². The number of rotatable bonds is 3. The minimum Gasteiger partial charge on any atom is -0.506 e. The van der Waals surface area contributed by atoms with E-state index in [0.29, 0.717) is 17.1 Å². The average molecular weight is 607 g/mol. The molecule has 31 heavy (non-hydrogen) atoms. The maximum Gasteiger partial charge on any atom is 0.217 e. The van der Waals surface area contributed by atoms with Gasteiger partial charge in [0.25, 0.3) is 0 Å². The van der Waals surface area contributed by atoms with Crippen molar-refractivity contribution >= 4 is 27.7 Å². The standard InChI is InChI=1S/C25H17N2O2S.Pt/c28-20-10-4-6-15-11-12-22(26-23(15)20)29-18-8-3-7-17(13-18)25-27-24-19-9-2-1-5-16(19)14-21(24)30-25;/h1-12,21,24,28H,14H2;/q-1;/t21-,24-;/m0./s1/i14D2;. The van der Waals surface area contributed by atoms with Gasteiger partial charge in [-0.3, -0.25) is 0 Å². The first-order chi connectivity index (χ1) is 15.5. The predicted octanol–water partition coefficient (Wildman–Crippen LogP) is 5.69. The Bertz CT molecular complexity index is 1410. The molecule has 0 bridgehead atoms. The molecule has 2 atom stereocenters. The van der Waals surface area contributed by atoms with Crippen LogP contribution in [0.15, 0.2) is 77.8 Å². The summed E-state index contributed by atoms with van der Waals surface area (Å²) < 4.78 is 23.2. The summed E-state index contributed by atoms with van der Waals surface area (Å²) in [6.45, 7) is 0. The minimum atomic E-state index is -1.44. The molecule has 4 aromatic rings. The molecule has 3 aromatic carbocycles. The number of fused-ring (bicyclic) bond motifs is 4. The molecule has 156 valence electrons. The summed E-state index contributed by atoms with van der Waals surface area (Å²) in [6, 6.07) is 25.1. The normalized spacial score (nSPS) is 21.4. The van der Waals surface area contributed by atoms with Crippen LogP contribution in [0.25, 0.3) is 10.9 Å². The van der Waals surface area contributed by atoms with Crippen molar-refractivity contribution in [3.05, 3.63) is 95.6 Å². The van der Waals surface area contributed by atoms with E-state index in [1.165, 1.54) is 11.8 Å². The van der Waals surface area contributed by atoms with E-state index in [9.17, 15) is 5.11 Å². The van der Waals surface area contributed by atoms with E-state index in [2.05, 4.69) is 11.1 Å². The number of benzene rings is 3. The van der Waals surface area contributed by atoms with Crippen molar-refractivity contribution < 1.29 is 33.7 Å². The van der Waals surface area contributed by atoms with Gasteiger partial charge in [0.15, 0.2) is 0 Å². The van der Waals surface area contributed by atoms with Crippen molar-refractivity contribution in [3.63, 3.8) is 0 Å². The molecular weight excluding hydrogens is 587 g/mol. The molecule has 2 heterocycles. The number of hydrogen-bond acceptors (Lipinski definition) is 5. The van der Waals surface area contributed by atoms with Crippen LogP contribution in [0.2, 0.25) is 0 Å². The van der Waals surface area contributed by atoms with Crippen LogP contribution in [0.3, 0.4) is 0 Å². The van der Waals surface area contributed by atoms with Gasteiger partial charge < -0.3 is 14.8 Å². The topological polar surface area (TPSA) is 54.7 Å². The van der Waals surface area contributed by atoms with Gasteiger partial charge in [-0.2, -0.15) is 11.8 Å². The molecule has 0 amide bonds. The molecule has 1 aliphatic heterocycles. The van der Waals surface area contributed by atoms with E-state index in [-0.39, 0.29) is 38.1 Å². The van der Waals surface area contributed by atoms with Crippen molar-refractivity contribution in [2.24, 2.45) is 4.99 Å². The van der Waals surface area contributed by atoms with Crippen molar-refractivity contribution in [2.75, 3.05) is 0 Å². The Morgan fingerprint density at radius 3 is 2.84 bits per heavy atom. The van der Waals surface area contributed by atoms with Gasteiger partial charge in [-0.25, -0.2) is 4.98 Å². The average Bonchev–Trinajstić information content (AvgIpc) is 3.34. The fourth-order valence-electron chi connectivity index (χ4n) is 3.84. The number of aromatic hydroxyl groups is 1. The van der Waals surface area contributed by atoms with Crippen molar-refractivity contribution in [2.45, 2.75) is 17.7 Å². The third kappa shape index (κ3) is 3.66. The van der Waals surface area contributed by atoms with Gasteiger partial charge in [-0.1, -0.05) is 42.5 Å². The number of pyridine rings is 1. The monoisotopic (exact) mass is 606 g/mol. The Kier molecular flexibility index (Phi) is 4.73. The van der Waals surface area contributed by atoms with E-state index in [1.807, 2.05) is 48.5 Å². The molecule has 1 N–H and O–H groups in total. The molecule has 1 aliphatic carbocycles. The molecule has 6 heteroatoms. The largest absolute Gasteiger partial charge is 0.506 e. The van der Waals surface area contributed by atoms with E-state index in [4.69, 9.17) is 12.5 Å². The summed E-state index contributed by atoms with van der Waals surface area (Å²) in [5.41, 5.74) is 2.93. The number of phenols is 1. The predicted molar refractivity (Wildman–Crippen MR) is 120 cm³/mol. The van der Waals surface area contributed by atoms with E-state index < -0.39 is 6.37 Å². The van der Waals surface area contributed by atoms with Gasteiger partial charge in [0, 0.05) is 51.3 Å². The number of hydrogen-bond donors (Lipinski definition) is 1. The van der Waals surface area contributed by atoms with Gasteiger partial charge in [-0.05, 0) is 29.6 Å². The molecule has 0 radical (unpaired) electrons. The third-order valence-electron chi connectivity index (χ3n) is 5.25. The summed E-state index contributed by atoms with van der Waals surface area (Å²) in [4.78, 5) is 9.27. The van der Waals surface area contributed by atoms with Crippen LogP contribution >= 0.6 is 11.8 Å². The Labute approximate surface area is 201 Å². The summed E-state index contributed by atoms with van der Waals surface area (Å²) in [7, 11) is 0. The Morgan fingerprint density at radius 1 is 1.03 bits per heavy atom. The smallest absolute Gasteiger partial charge is 0.217 e. The molecule has 0 unspecified atom stereocenters. The van der Waals surface area contributed by atoms with Gasteiger partial charge in [-0.15, -0.1) is 23.8 Å². The number of ether oxygens (including phenoxy) is 1. The number of nitrogens with zero attached hydrogens (tertiary/aromatic N) is 2. The Balaban J connectivity index is 0.00000228. The summed E-state index contributed by atoms with van der Waals surface area (Å²) >= 11 is 1.46. The van der Waals surface area contributed by atoms with Crippen LogP contribution in [0.5, 0.6) is 17.4 Å². The Morgan fingerprint density at radius 2 is 1.90 bits per heavy atom. The molecule has 1 aromatic heterocycles. The molecule has 6 rings (SSSR count). The zero-order valence-electron chi connectivity index (χ0n) is 18.1. The first-order valence-corrected chi connectivity index (χ1v) is 10.5. The van der Waals surface area contributed by atoms with Gasteiger partial charge >= 0.3 is 0 Å². The van der Waals surface area contributed by atoms with Crippen molar-refractivity contribution in [1.29, 1.82) is 0 Å². The SMILES string of the molecule is [2H]C1([2H])c2ccccc2[C@@H]2N=C(c3[c-]c(Oc4ccc5cccc(O)c5n4)ccc3)S[C@H]21.[Pt]. The Hall–Kier alpha value is -2.62. The molecule has 2 aliphatic rings. The minimum absolute atomic E-state index is 0. The number of thioether (sulfide) groups is 1. The van der Waals surface area contributed by atoms with Crippen molar-refractivity contribution in [3.8, 4) is 17.4 Å². The third-order valence-corrected chi connectivity index (χ3v) is 6.42. The summed E-state index contributed by atoms with van der Waals surface area (Å²) in [5, 5.41) is 11.4. The molecule has 0 saturated carbocycles. The fraction of sp³-hybridized carbons (Fsp3) is 0.120. The second kappa shape index (κ2) is 8.14. The van der Waals surface area contributed by atoms with Gasteiger partial charge in [0.1, 0.15) is 11.3 Å². The number of aromatic nitrogens is 1. The van der Waals surface area contributed by atoms with Crippen LogP contribution in [-0.4, -0.2) is 20.4 Å². The second-order valence-corrected chi connectivity index (χ2v) is 8.31. The number of phenolic OH excluding ortho intramolecular Hbond substituents is 1. The van der Waals surface area contributed by atoms with Gasteiger partial charge in [0.2, 0.25) is 5.88 Å².